The third-order valence-corrected chi connectivity index (χ3v) is 7.10. The molecule has 3 amide bonds. The zero-order chi connectivity index (χ0) is 35.5. The Bertz CT molecular complexity index is 1510. The highest BCUT2D eigenvalue weighted by Crippen LogP contribution is 2.30. The first kappa shape index (κ1) is 37.6. The van der Waals surface area contributed by atoms with Gasteiger partial charge in [-0.05, 0) is 65.2 Å². The number of phenolic OH excluding ortho intramolecular Hbond substituents is 1. The lowest BCUT2D eigenvalue weighted by Gasteiger charge is -2.35. The Morgan fingerprint density at radius 2 is 1.21 bits per heavy atom. The van der Waals surface area contributed by atoms with Gasteiger partial charge in [-0.2, -0.15) is 0 Å². The number of nitrogens with one attached hydrogen (secondary N) is 2. The van der Waals surface area contributed by atoms with Gasteiger partial charge in [0.2, 0.25) is 11.8 Å². The van der Waals surface area contributed by atoms with E-state index in [-0.39, 0.29) is 30.7 Å². The van der Waals surface area contributed by atoms with E-state index in [0.29, 0.717) is 6.42 Å². The molecule has 0 aliphatic heterocycles. The fourth-order valence-corrected chi connectivity index (χ4v) is 5.14. The molecule has 0 saturated carbocycles. The summed E-state index contributed by atoms with van der Waals surface area (Å²) in [5.74, 6) is -2.10. The number of para-hydroxylation sites is 1. The monoisotopic (exact) mass is 659 g/mol. The molecule has 0 fully saturated rings. The number of esters is 1. The summed E-state index contributed by atoms with van der Waals surface area (Å²) in [6.45, 7) is 12.3. The largest absolute Gasteiger partial charge is 0.508 e. The van der Waals surface area contributed by atoms with Gasteiger partial charge in [0.05, 0.1) is 0 Å². The standard InChI is InChI=1S/C38H49N3O7/c1-8-23-41(34(44)29(24-26-17-11-9-12-18-26)40-36(46)48-38(5,6)7)32(28-21-15-16-22-31(28)42)33(43)39-30(35(45)47-37(2,3)4)25-27-19-13-10-14-20-27/h9-22,29-30,32,42H,8,23-25H2,1-7H3,(H,39,43)(H,40,46). The number of aromatic hydroxyl groups is 1. The SMILES string of the molecule is CCCN(C(=O)C(Cc1ccccc1)NC(=O)OC(C)(C)C)C(C(=O)NC(Cc1ccccc1)C(=O)OC(C)(C)C)c1ccccc1O. The van der Waals surface area contributed by atoms with Crippen LogP contribution in [0.1, 0.15) is 77.6 Å². The minimum absolute atomic E-state index is 0.0995. The van der Waals surface area contributed by atoms with Crippen LogP contribution in [-0.2, 0) is 36.7 Å². The van der Waals surface area contributed by atoms with Gasteiger partial charge in [-0.15, -0.1) is 0 Å². The molecule has 48 heavy (non-hydrogen) atoms. The maximum atomic E-state index is 14.6. The second-order valence-corrected chi connectivity index (χ2v) is 13.7. The molecule has 10 heteroatoms. The summed E-state index contributed by atoms with van der Waals surface area (Å²) in [5, 5.41) is 16.6. The summed E-state index contributed by atoms with van der Waals surface area (Å²) in [7, 11) is 0. The van der Waals surface area contributed by atoms with Crippen molar-refractivity contribution in [2.24, 2.45) is 0 Å². The highest BCUT2D eigenvalue weighted by molar-refractivity contribution is 5.94. The van der Waals surface area contributed by atoms with Crippen LogP contribution in [0.5, 0.6) is 5.75 Å². The van der Waals surface area contributed by atoms with Crippen molar-refractivity contribution < 1.29 is 33.8 Å². The van der Waals surface area contributed by atoms with Crippen molar-refractivity contribution in [3.05, 3.63) is 102 Å². The molecule has 0 spiro atoms. The molecule has 0 heterocycles. The van der Waals surface area contributed by atoms with Crippen molar-refractivity contribution in [1.82, 2.24) is 15.5 Å². The van der Waals surface area contributed by atoms with Gasteiger partial charge >= 0.3 is 12.1 Å². The number of rotatable bonds is 13. The van der Waals surface area contributed by atoms with Gasteiger partial charge in [0.1, 0.15) is 35.1 Å². The van der Waals surface area contributed by atoms with Gasteiger partial charge in [-0.25, -0.2) is 9.59 Å². The number of hydrogen-bond donors (Lipinski definition) is 3. The van der Waals surface area contributed by atoms with Crippen molar-refractivity contribution in [2.75, 3.05) is 6.54 Å². The molecule has 0 saturated heterocycles. The third-order valence-electron chi connectivity index (χ3n) is 7.10. The number of carbonyl (C=O) groups is 4. The second kappa shape index (κ2) is 16.8. The van der Waals surface area contributed by atoms with Crippen LogP contribution in [0, 0.1) is 0 Å². The van der Waals surface area contributed by atoms with Gasteiger partial charge in [-0.3, -0.25) is 9.59 Å². The highest BCUT2D eigenvalue weighted by atomic mass is 16.6. The first-order chi connectivity index (χ1) is 22.6. The zero-order valence-electron chi connectivity index (χ0n) is 29.0. The zero-order valence-corrected chi connectivity index (χ0v) is 29.0. The van der Waals surface area contributed by atoms with Crippen LogP contribution in [0.3, 0.4) is 0 Å². The Balaban J connectivity index is 2.08. The van der Waals surface area contributed by atoms with E-state index in [9.17, 15) is 24.3 Å². The maximum absolute atomic E-state index is 14.6. The molecule has 3 aromatic carbocycles. The number of carbonyl (C=O) groups excluding carboxylic acids is 4. The van der Waals surface area contributed by atoms with Crippen molar-refractivity contribution in [3.8, 4) is 5.75 Å². The number of benzene rings is 3. The Hall–Kier alpha value is -4.86. The summed E-state index contributed by atoms with van der Waals surface area (Å²) in [4.78, 5) is 56.8. The van der Waals surface area contributed by atoms with Crippen molar-refractivity contribution in [2.45, 2.75) is 97.1 Å². The molecule has 10 nitrogen and oxygen atoms in total. The predicted octanol–water partition coefficient (Wildman–Crippen LogP) is 5.88. The van der Waals surface area contributed by atoms with E-state index in [1.54, 1.807) is 59.7 Å². The van der Waals surface area contributed by atoms with E-state index in [1.165, 1.54) is 11.0 Å². The third kappa shape index (κ3) is 11.7. The quantitative estimate of drug-likeness (QED) is 0.195. The second-order valence-electron chi connectivity index (χ2n) is 13.7. The fourth-order valence-electron chi connectivity index (χ4n) is 5.14. The average Bonchev–Trinajstić information content (AvgIpc) is 3.00. The molecule has 0 radical (unpaired) electrons. The van der Waals surface area contributed by atoms with Crippen LogP contribution < -0.4 is 10.6 Å². The van der Waals surface area contributed by atoms with E-state index in [0.717, 1.165) is 11.1 Å². The lowest BCUT2D eigenvalue weighted by atomic mass is 9.98. The minimum Gasteiger partial charge on any atom is -0.508 e. The average molecular weight is 660 g/mol. The number of amides is 3. The van der Waals surface area contributed by atoms with Crippen LogP contribution in [-0.4, -0.2) is 63.7 Å². The Morgan fingerprint density at radius 1 is 0.708 bits per heavy atom. The number of ether oxygens (including phenoxy) is 2. The van der Waals surface area contributed by atoms with E-state index >= 15 is 0 Å². The smallest absolute Gasteiger partial charge is 0.408 e. The Labute approximate surface area is 283 Å². The van der Waals surface area contributed by atoms with E-state index in [1.807, 2.05) is 67.6 Å². The highest BCUT2D eigenvalue weighted by Gasteiger charge is 2.39. The van der Waals surface area contributed by atoms with E-state index < -0.39 is 53.2 Å². The molecule has 258 valence electrons. The van der Waals surface area contributed by atoms with Crippen LogP contribution in [0.25, 0.3) is 0 Å². The molecule has 3 aromatic rings. The van der Waals surface area contributed by atoms with Crippen molar-refractivity contribution in [1.29, 1.82) is 0 Å². The molecule has 0 aliphatic carbocycles. The first-order valence-corrected chi connectivity index (χ1v) is 16.3. The van der Waals surface area contributed by atoms with Gasteiger partial charge in [-0.1, -0.05) is 85.8 Å². The first-order valence-electron chi connectivity index (χ1n) is 16.3. The molecule has 3 rings (SSSR count). The number of hydrogen-bond acceptors (Lipinski definition) is 7. The van der Waals surface area contributed by atoms with E-state index in [2.05, 4.69) is 10.6 Å². The summed E-state index contributed by atoms with van der Waals surface area (Å²) in [6, 6.07) is 21.0. The van der Waals surface area contributed by atoms with Crippen LogP contribution in [0.2, 0.25) is 0 Å². The fraction of sp³-hybridized carbons (Fsp3) is 0.421. The van der Waals surface area contributed by atoms with Crippen molar-refractivity contribution >= 4 is 23.9 Å². The lowest BCUT2D eigenvalue weighted by Crippen LogP contribution is -2.55. The molecule has 0 aliphatic rings. The van der Waals surface area contributed by atoms with Crippen molar-refractivity contribution in [3.63, 3.8) is 0 Å². The maximum Gasteiger partial charge on any atom is 0.408 e. The molecule has 3 unspecified atom stereocenters. The molecular formula is C38H49N3O7. The molecular weight excluding hydrogens is 610 g/mol. The van der Waals surface area contributed by atoms with Gasteiger partial charge in [0, 0.05) is 24.9 Å². The molecule has 3 N–H and O–H groups in total. The van der Waals surface area contributed by atoms with Crippen LogP contribution >= 0.6 is 0 Å². The Morgan fingerprint density at radius 3 is 1.71 bits per heavy atom. The molecule has 0 aromatic heterocycles. The summed E-state index contributed by atoms with van der Waals surface area (Å²) < 4.78 is 11.2. The normalized spacial score (nSPS) is 13.4. The van der Waals surface area contributed by atoms with E-state index in [4.69, 9.17) is 9.47 Å². The minimum atomic E-state index is -1.36. The van der Waals surface area contributed by atoms with Crippen LogP contribution in [0.15, 0.2) is 84.9 Å². The predicted molar refractivity (Wildman–Crippen MR) is 184 cm³/mol. The van der Waals surface area contributed by atoms with Gasteiger partial charge < -0.3 is 30.1 Å². The lowest BCUT2D eigenvalue weighted by molar-refractivity contribution is -0.159. The summed E-state index contributed by atoms with van der Waals surface area (Å²) in [6.07, 6.45) is -0.0895. The van der Waals surface area contributed by atoms with Crippen LogP contribution in [0.4, 0.5) is 4.79 Å². The summed E-state index contributed by atoms with van der Waals surface area (Å²) in [5.41, 5.74) is 0.0887. The van der Waals surface area contributed by atoms with Gasteiger partial charge in [0.15, 0.2) is 0 Å². The number of alkyl carbamates (subject to hydrolysis) is 1. The Kier molecular flexibility index (Phi) is 13.2. The number of phenols is 1. The molecule has 0 bridgehead atoms. The van der Waals surface area contributed by atoms with Gasteiger partial charge in [0.25, 0.3) is 0 Å². The molecule has 3 atom stereocenters. The topological polar surface area (TPSA) is 134 Å². The number of nitrogens with zero attached hydrogens (tertiary/aromatic N) is 1. The summed E-state index contributed by atoms with van der Waals surface area (Å²) >= 11 is 0.